The lowest BCUT2D eigenvalue weighted by atomic mass is 10.1. The lowest BCUT2D eigenvalue weighted by Crippen LogP contribution is -2.36. The van der Waals surface area contributed by atoms with Crippen molar-refractivity contribution in [1.29, 1.82) is 0 Å². The molecule has 1 heterocycles. The van der Waals surface area contributed by atoms with E-state index in [1.165, 1.54) is 5.56 Å². The Morgan fingerprint density at radius 2 is 1.91 bits per heavy atom. The van der Waals surface area contributed by atoms with Crippen LogP contribution in [-0.2, 0) is 13.1 Å². The molecular weight excluding hydrogens is 292 g/mol. The molecule has 1 aromatic heterocycles. The molecule has 0 atom stereocenters. The van der Waals surface area contributed by atoms with Crippen molar-refractivity contribution in [3.63, 3.8) is 0 Å². The number of furan rings is 1. The zero-order valence-corrected chi connectivity index (χ0v) is 13.4. The molecule has 0 spiro atoms. The van der Waals surface area contributed by atoms with E-state index in [0.29, 0.717) is 24.8 Å². The van der Waals surface area contributed by atoms with Crippen LogP contribution in [0.15, 0.2) is 45.8 Å². The first-order valence-corrected chi connectivity index (χ1v) is 7.54. The molecule has 6 heteroatoms. The molecule has 2 aromatic rings. The summed E-state index contributed by atoms with van der Waals surface area (Å²) in [5, 5.41) is 6.33. The Morgan fingerprint density at radius 1 is 1.17 bits per heavy atom. The van der Waals surface area contributed by atoms with E-state index < -0.39 is 5.91 Å². The van der Waals surface area contributed by atoms with Gasteiger partial charge in [0.05, 0.1) is 13.1 Å². The van der Waals surface area contributed by atoms with Crippen LogP contribution in [-0.4, -0.2) is 18.4 Å². The average Bonchev–Trinajstić information content (AvgIpc) is 3.01. The van der Waals surface area contributed by atoms with Gasteiger partial charge < -0.3 is 20.8 Å². The summed E-state index contributed by atoms with van der Waals surface area (Å²) < 4.78 is 5.33. The smallest absolute Gasteiger partial charge is 0.284 e. The van der Waals surface area contributed by atoms with Crippen LogP contribution in [0.4, 0.5) is 0 Å². The monoisotopic (exact) mass is 314 g/mol. The number of nitrogens with one attached hydrogen (secondary N) is 2. The number of nitrogens with zero attached hydrogens (tertiary/aromatic N) is 1. The molecule has 0 unspecified atom stereocenters. The second-order valence-electron chi connectivity index (χ2n) is 5.16. The van der Waals surface area contributed by atoms with Crippen LogP contribution < -0.4 is 16.4 Å². The summed E-state index contributed by atoms with van der Waals surface area (Å²) in [6.45, 7) is 5.82. The Bertz CT molecular complexity index is 674. The number of nitrogens with two attached hydrogens (primary N) is 1. The van der Waals surface area contributed by atoms with Crippen LogP contribution in [0.3, 0.4) is 0 Å². The lowest BCUT2D eigenvalue weighted by Gasteiger charge is -2.10. The largest absolute Gasteiger partial charge is 0.454 e. The molecule has 0 aliphatic heterocycles. The van der Waals surface area contributed by atoms with Crippen molar-refractivity contribution in [2.45, 2.75) is 26.9 Å². The molecule has 0 radical (unpaired) electrons. The Labute approximate surface area is 135 Å². The highest BCUT2D eigenvalue weighted by molar-refractivity contribution is 5.89. The van der Waals surface area contributed by atoms with Crippen molar-refractivity contribution < 1.29 is 9.21 Å². The Morgan fingerprint density at radius 3 is 2.52 bits per heavy atom. The number of amides is 1. The van der Waals surface area contributed by atoms with Crippen molar-refractivity contribution >= 4 is 11.9 Å². The topological polar surface area (TPSA) is 92.6 Å². The standard InChI is InChI=1S/C17H22N4O2/c1-3-19-17(20-10-13-6-4-12(2)5-7-13)21-11-14-8-9-15(23-14)16(18)22/h4-9H,3,10-11H2,1-2H3,(H2,18,22)(H2,19,20,21). The molecule has 0 aliphatic rings. The second-order valence-corrected chi connectivity index (χ2v) is 5.16. The molecule has 2 rings (SSSR count). The van der Waals surface area contributed by atoms with Gasteiger partial charge in [0.2, 0.25) is 0 Å². The van der Waals surface area contributed by atoms with E-state index in [1.54, 1.807) is 12.1 Å². The lowest BCUT2D eigenvalue weighted by molar-refractivity contribution is 0.0972. The van der Waals surface area contributed by atoms with E-state index in [9.17, 15) is 4.79 Å². The van der Waals surface area contributed by atoms with Crippen LogP contribution in [0.1, 0.15) is 34.4 Å². The molecule has 1 amide bonds. The van der Waals surface area contributed by atoms with Crippen LogP contribution in [0.2, 0.25) is 0 Å². The predicted molar refractivity (Wildman–Crippen MR) is 90.1 cm³/mol. The van der Waals surface area contributed by atoms with Crippen molar-refractivity contribution in [3.05, 3.63) is 59.0 Å². The van der Waals surface area contributed by atoms with Crippen molar-refractivity contribution in [2.24, 2.45) is 10.7 Å². The number of aryl methyl sites for hydroxylation is 1. The first kappa shape index (κ1) is 16.6. The van der Waals surface area contributed by atoms with Crippen molar-refractivity contribution in [2.75, 3.05) is 6.54 Å². The number of primary amides is 1. The van der Waals surface area contributed by atoms with Gasteiger partial charge in [0.1, 0.15) is 5.76 Å². The fourth-order valence-electron chi connectivity index (χ4n) is 1.98. The first-order chi connectivity index (χ1) is 11.1. The molecule has 4 N–H and O–H groups in total. The molecule has 122 valence electrons. The number of rotatable bonds is 6. The number of carbonyl (C=O) groups is 1. The van der Waals surface area contributed by atoms with Crippen molar-refractivity contribution in [3.8, 4) is 0 Å². The molecule has 0 saturated heterocycles. The van der Waals surface area contributed by atoms with Gasteiger partial charge in [-0.05, 0) is 31.5 Å². The van der Waals surface area contributed by atoms with E-state index in [1.807, 2.05) is 6.92 Å². The summed E-state index contributed by atoms with van der Waals surface area (Å²) >= 11 is 0. The fourth-order valence-corrected chi connectivity index (χ4v) is 1.98. The predicted octanol–water partition coefficient (Wildman–Crippen LogP) is 1.94. The van der Waals surface area contributed by atoms with E-state index >= 15 is 0 Å². The van der Waals surface area contributed by atoms with Gasteiger partial charge >= 0.3 is 0 Å². The third kappa shape index (κ3) is 5.18. The van der Waals surface area contributed by atoms with E-state index in [4.69, 9.17) is 10.2 Å². The number of guanidine groups is 1. The summed E-state index contributed by atoms with van der Waals surface area (Å²) in [4.78, 5) is 15.5. The van der Waals surface area contributed by atoms with Gasteiger partial charge in [-0.3, -0.25) is 4.79 Å². The molecule has 1 aromatic carbocycles. The van der Waals surface area contributed by atoms with Gasteiger partial charge in [0.15, 0.2) is 11.7 Å². The maximum absolute atomic E-state index is 11.0. The van der Waals surface area contributed by atoms with Crippen LogP contribution in [0, 0.1) is 6.92 Å². The number of aliphatic imine (C=N–C) groups is 1. The highest BCUT2D eigenvalue weighted by Gasteiger charge is 2.07. The zero-order valence-electron chi connectivity index (χ0n) is 13.4. The molecule has 0 aliphatic carbocycles. The SMILES string of the molecule is CCNC(=NCc1ccc(C)cc1)NCc1ccc(C(N)=O)o1. The molecule has 23 heavy (non-hydrogen) atoms. The number of benzene rings is 1. The fraction of sp³-hybridized carbons (Fsp3) is 0.294. The highest BCUT2D eigenvalue weighted by atomic mass is 16.3. The normalized spacial score (nSPS) is 11.3. The maximum Gasteiger partial charge on any atom is 0.284 e. The Hall–Kier alpha value is -2.76. The van der Waals surface area contributed by atoms with Gasteiger partial charge in [0, 0.05) is 6.54 Å². The Balaban J connectivity index is 1.95. The van der Waals surface area contributed by atoms with Crippen LogP contribution in [0.5, 0.6) is 0 Å². The van der Waals surface area contributed by atoms with Gasteiger partial charge in [0.25, 0.3) is 5.91 Å². The highest BCUT2D eigenvalue weighted by Crippen LogP contribution is 2.07. The van der Waals surface area contributed by atoms with Crippen LogP contribution in [0.25, 0.3) is 0 Å². The minimum absolute atomic E-state index is 0.156. The number of hydrogen-bond acceptors (Lipinski definition) is 3. The average molecular weight is 314 g/mol. The molecule has 0 saturated carbocycles. The van der Waals surface area contributed by atoms with E-state index in [0.717, 1.165) is 12.1 Å². The number of carbonyl (C=O) groups excluding carboxylic acids is 1. The van der Waals surface area contributed by atoms with Crippen LogP contribution >= 0.6 is 0 Å². The summed E-state index contributed by atoms with van der Waals surface area (Å²) in [6.07, 6.45) is 0. The minimum atomic E-state index is -0.573. The summed E-state index contributed by atoms with van der Waals surface area (Å²) in [7, 11) is 0. The van der Waals surface area contributed by atoms with Gasteiger partial charge in [-0.25, -0.2) is 4.99 Å². The minimum Gasteiger partial charge on any atom is -0.454 e. The summed E-state index contributed by atoms with van der Waals surface area (Å²) in [6, 6.07) is 11.5. The first-order valence-electron chi connectivity index (χ1n) is 7.54. The van der Waals surface area contributed by atoms with E-state index in [2.05, 4.69) is 46.8 Å². The summed E-state index contributed by atoms with van der Waals surface area (Å²) in [5.74, 6) is 0.893. The molecule has 6 nitrogen and oxygen atoms in total. The van der Waals surface area contributed by atoms with E-state index in [-0.39, 0.29) is 5.76 Å². The quantitative estimate of drug-likeness (QED) is 0.561. The van der Waals surface area contributed by atoms with Crippen molar-refractivity contribution in [1.82, 2.24) is 10.6 Å². The zero-order chi connectivity index (χ0) is 16.7. The molecule has 0 bridgehead atoms. The van der Waals surface area contributed by atoms with Gasteiger partial charge in [-0.2, -0.15) is 0 Å². The van der Waals surface area contributed by atoms with Gasteiger partial charge in [-0.15, -0.1) is 0 Å². The maximum atomic E-state index is 11.0. The second kappa shape index (κ2) is 8.03. The third-order valence-corrected chi connectivity index (χ3v) is 3.22. The Kier molecular flexibility index (Phi) is 5.80. The molecular formula is C17H22N4O2. The summed E-state index contributed by atoms with van der Waals surface area (Å²) in [5.41, 5.74) is 7.53. The molecule has 0 fully saturated rings. The number of hydrogen-bond donors (Lipinski definition) is 3. The van der Waals surface area contributed by atoms with Gasteiger partial charge in [-0.1, -0.05) is 29.8 Å². The third-order valence-electron chi connectivity index (χ3n) is 3.22.